The number of aromatic nitrogens is 1. The first-order chi connectivity index (χ1) is 19.4. The number of amides is 2. The molecular formula is C29H30ClF3N4O4. The number of carbonyl (C=O) groups is 3. The van der Waals surface area contributed by atoms with Gasteiger partial charge in [-0.3, -0.25) is 14.4 Å². The predicted octanol–water partition coefficient (Wildman–Crippen LogP) is 5.42. The predicted molar refractivity (Wildman–Crippen MR) is 149 cm³/mol. The Balaban J connectivity index is 1.38. The Morgan fingerprint density at radius 3 is 2.27 bits per heavy atom. The molecule has 0 spiro atoms. The van der Waals surface area contributed by atoms with E-state index in [4.69, 9.17) is 16.3 Å². The van der Waals surface area contributed by atoms with Gasteiger partial charge in [0.25, 0.3) is 0 Å². The lowest BCUT2D eigenvalue weighted by Crippen LogP contribution is -2.51. The topological polar surface area (TPSA) is 109 Å². The van der Waals surface area contributed by atoms with Gasteiger partial charge in [-0.05, 0) is 67.6 Å². The van der Waals surface area contributed by atoms with Gasteiger partial charge in [0, 0.05) is 48.4 Å². The molecule has 1 aromatic heterocycles. The van der Waals surface area contributed by atoms with Crippen molar-refractivity contribution in [3.05, 3.63) is 64.8 Å². The normalized spacial score (nSPS) is 17.9. The number of rotatable bonds is 8. The van der Waals surface area contributed by atoms with Crippen molar-refractivity contribution < 1.29 is 32.3 Å². The van der Waals surface area contributed by atoms with Crippen molar-refractivity contribution in [1.29, 1.82) is 0 Å². The molecule has 3 aromatic rings. The van der Waals surface area contributed by atoms with Crippen LogP contribution in [0.3, 0.4) is 0 Å². The first-order valence-corrected chi connectivity index (χ1v) is 13.5. The third kappa shape index (κ3) is 8.32. The number of esters is 1. The molecule has 8 nitrogen and oxygen atoms in total. The molecule has 3 N–H and O–H groups in total. The van der Waals surface area contributed by atoms with Gasteiger partial charge in [0.1, 0.15) is 17.5 Å². The first kappa shape index (κ1) is 30.1. The number of anilines is 1. The third-order valence-corrected chi connectivity index (χ3v) is 7.05. The van der Waals surface area contributed by atoms with Crippen LogP contribution < -0.4 is 20.7 Å². The van der Waals surface area contributed by atoms with Crippen LogP contribution in [0.5, 0.6) is 5.75 Å². The standard InChI is InChI=1S/C29H30ClF3N4O4/c1-16(38)34-26(13-18-3-10-22(11-4-18)41-17(2)39)28(40)36-21-8-6-20(7-9-21)35-25-15-27(29(31,32)33)37-24-12-5-19(30)14-23(24)25/h3-5,10-12,14-15,20-21,26H,6-9,13H2,1-2H3,(H,34,38)(H,35,37)(H,36,40). The zero-order valence-corrected chi connectivity index (χ0v) is 23.2. The SMILES string of the molecule is CC(=O)NC(Cc1ccc(OC(C)=O)cc1)C(=O)NC1CCC(Nc2cc(C(F)(F)F)nc3ccc(Cl)cc23)CC1. The van der Waals surface area contributed by atoms with Crippen molar-refractivity contribution in [1.82, 2.24) is 15.6 Å². The largest absolute Gasteiger partial charge is 0.433 e. The van der Waals surface area contributed by atoms with Gasteiger partial charge in [-0.2, -0.15) is 13.2 Å². The van der Waals surface area contributed by atoms with Crippen LogP contribution in [0.15, 0.2) is 48.5 Å². The van der Waals surface area contributed by atoms with Crippen molar-refractivity contribution in [2.24, 2.45) is 0 Å². The van der Waals surface area contributed by atoms with Gasteiger partial charge in [0.2, 0.25) is 11.8 Å². The van der Waals surface area contributed by atoms with Crippen LogP contribution in [0, 0.1) is 0 Å². The highest BCUT2D eigenvalue weighted by molar-refractivity contribution is 6.31. The summed E-state index contributed by atoms with van der Waals surface area (Å²) in [5.41, 5.74) is 0.284. The highest BCUT2D eigenvalue weighted by Gasteiger charge is 2.34. The van der Waals surface area contributed by atoms with Gasteiger partial charge >= 0.3 is 12.1 Å². The Hall–Kier alpha value is -3.86. The maximum Gasteiger partial charge on any atom is 0.433 e. The van der Waals surface area contributed by atoms with Gasteiger partial charge in [-0.15, -0.1) is 0 Å². The molecule has 0 radical (unpaired) electrons. The number of alkyl halides is 3. The van der Waals surface area contributed by atoms with Crippen LogP contribution in [0.1, 0.15) is 50.8 Å². The fraction of sp³-hybridized carbons (Fsp3) is 0.379. The first-order valence-electron chi connectivity index (χ1n) is 13.2. The minimum atomic E-state index is -4.60. The number of ether oxygens (including phenoxy) is 1. The van der Waals surface area contributed by atoms with Gasteiger partial charge in [-0.25, -0.2) is 4.98 Å². The van der Waals surface area contributed by atoms with E-state index in [1.54, 1.807) is 30.3 Å². The maximum absolute atomic E-state index is 13.5. The van der Waals surface area contributed by atoms with E-state index in [1.807, 2.05) is 0 Å². The third-order valence-electron chi connectivity index (χ3n) is 6.81. The van der Waals surface area contributed by atoms with E-state index >= 15 is 0 Å². The van der Waals surface area contributed by atoms with Crippen LogP contribution in [0.25, 0.3) is 10.9 Å². The molecule has 1 saturated carbocycles. The highest BCUT2D eigenvalue weighted by Crippen LogP contribution is 2.35. The molecule has 1 aliphatic carbocycles. The minimum absolute atomic E-state index is 0.115. The molecule has 1 unspecified atom stereocenters. The summed E-state index contributed by atoms with van der Waals surface area (Å²) in [6.07, 6.45) is -1.94. The Morgan fingerprint density at radius 2 is 1.66 bits per heavy atom. The number of nitrogens with zero attached hydrogens (tertiary/aromatic N) is 1. The number of benzene rings is 2. The maximum atomic E-state index is 13.5. The molecule has 1 aliphatic rings. The molecule has 0 aliphatic heterocycles. The molecule has 1 fully saturated rings. The number of hydrogen-bond donors (Lipinski definition) is 3. The fourth-order valence-electron chi connectivity index (χ4n) is 4.92. The number of pyridine rings is 1. The molecule has 2 amide bonds. The van der Waals surface area contributed by atoms with E-state index in [9.17, 15) is 27.6 Å². The van der Waals surface area contributed by atoms with Crippen LogP contribution in [0.2, 0.25) is 5.02 Å². The zero-order valence-electron chi connectivity index (χ0n) is 22.5. The van der Waals surface area contributed by atoms with Crippen LogP contribution in [-0.4, -0.2) is 40.9 Å². The van der Waals surface area contributed by atoms with E-state index in [-0.39, 0.29) is 35.8 Å². The second-order valence-corrected chi connectivity index (χ2v) is 10.5. The zero-order chi connectivity index (χ0) is 29.7. The second kappa shape index (κ2) is 12.8. The summed E-state index contributed by atoms with van der Waals surface area (Å²) in [5.74, 6) is -0.741. The van der Waals surface area contributed by atoms with Crippen LogP contribution >= 0.6 is 11.6 Å². The summed E-state index contributed by atoms with van der Waals surface area (Å²) < 4.78 is 45.4. The Labute approximate surface area is 240 Å². The van der Waals surface area contributed by atoms with Gasteiger partial charge in [-0.1, -0.05) is 23.7 Å². The molecule has 4 rings (SSSR count). The second-order valence-electron chi connectivity index (χ2n) is 10.1. The molecule has 218 valence electrons. The summed E-state index contributed by atoms with van der Waals surface area (Å²) in [7, 11) is 0. The number of fused-ring (bicyclic) bond motifs is 1. The number of carbonyl (C=O) groups excluding carboxylic acids is 3. The van der Waals surface area contributed by atoms with Crippen molar-refractivity contribution in [2.45, 2.75) is 70.3 Å². The van der Waals surface area contributed by atoms with Crippen LogP contribution in [0.4, 0.5) is 18.9 Å². The molecule has 0 saturated heterocycles. The van der Waals surface area contributed by atoms with E-state index in [0.29, 0.717) is 47.5 Å². The summed E-state index contributed by atoms with van der Waals surface area (Å²) in [4.78, 5) is 39.8. The monoisotopic (exact) mass is 590 g/mol. The van der Waals surface area contributed by atoms with E-state index in [0.717, 1.165) is 11.6 Å². The van der Waals surface area contributed by atoms with Gasteiger partial charge < -0.3 is 20.7 Å². The van der Waals surface area contributed by atoms with Crippen LogP contribution in [-0.2, 0) is 27.0 Å². The van der Waals surface area contributed by atoms with E-state index in [1.165, 1.54) is 26.0 Å². The Bertz CT molecular complexity index is 1420. The van der Waals surface area contributed by atoms with Crippen molar-refractivity contribution in [2.75, 3.05) is 5.32 Å². The Kier molecular flexibility index (Phi) is 9.37. The molecule has 0 bridgehead atoms. The number of hydrogen-bond acceptors (Lipinski definition) is 6. The molecule has 1 atom stereocenters. The summed E-state index contributed by atoms with van der Waals surface area (Å²) in [6.45, 7) is 2.64. The summed E-state index contributed by atoms with van der Waals surface area (Å²) in [5, 5.41) is 9.82. The minimum Gasteiger partial charge on any atom is -0.427 e. The van der Waals surface area contributed by atoms with Crippen molar-refractivity contribution in [3.8, 4) is 5.75 Å². The molecule has 41 heavy (non-hydrogen) atoms. The fourth-order valence-corrected chi connectivity index (χ4v) is 5.09. The molecular weight excluding hydrogens is 561 g/mol. The molecule has 1 heterocycles. The average Bonchev–Trinajstić information content (AvgIpc) is 2.89. The lowest BCUT2D eigenvalue weighted by Gasteiger charge is -2.31. The van der Waals surface area contributed by atoms with E-state index < -0.39 is 23.9 Å². The van der Waals surface area contributed by atoms with Crippen molar-refractivity contribution in [3.63, 3.8) is 0 Å². The lowest BCUT2D eigenvalue weighted by molar-refractivity contribution is -0.141. The smallest absolute Gasteiger partial charge is 0.427 e. The molecule has 12 heteroatoms. The van der Waals surface area contributed by atoms with Gasteiger partial charge in [0.05, 0.1) is 5.52 Å². The average molecular weight is 591 g/mol. The van der Waals surface area contributed by atoms with Crippen molar-refractivity contribution >= 4 is 46.0 Å². The highest BCUT2D eigenvalue weighted by atomic mass is 35.5. The number of nitrogens with one attached hydrogen (secondary N) is 3. The Morgan fingerprint density at radius 1 is 1.00 bits per heavy atom. The summed E-state index contributed by atoms with van der Waals surface area (Å²) >= 11 is 6.10. The van der Waals surface area contributed by atoms with E-state index in [2.05, 4.69) is 20.9 Å². The summed E-state index contributed by atoms with van der Waals surface area (Å²) in [6, 6.07) is 11.1. The number of halogens is 4. The van der Waals surface area contributed by atoms with Gasteiger partial charge in [0.15, 0.2) is 0 Å². The lowest BCUT2D eigenvalue weighted by atomic mass is 9.90. The quantitative estimate of drug-likeness (QED) is 0.239. The molecule has 2 aromatic carbocycles.